The normalized spacial score (nSPS) is 16.5. The van der Waals surface area contributed by atoms with E-state index in [2.05, 4.69) is 22.9 Å². The number of aromatic nitrogens is 2. The predicted molar refractivity (Wildman–Crippen MR) is 85.9 cm³/mol. The maximum Gasteiger partial charge on any atom is 0.121 e. The molecule has 1 aromatic carbocycles. The number of aryl methyl sites for hydroxylation is 2. The van der Waals surface area contributed by atoms with Gasteiger partial charge in [-0.15, -0.1) is 0 Å². The quantitative estimate of drug-likeness (QED) is 0.919. The molecule has 114 valence electrons. The summed E-state index contributed by atoms with van der Waals surface area (Å²) in [5, 5.41) is 3.43. The van der Waals surface area contributed by atoms with Crippen LogP contribution in [0.3, 0.4) is 0 Å². The number of nitrogens with zero attached hydrogens (tertiary/aromatic N) is 2. The van der Waals surface area contributed by atoms with Crippen LogP contribution in [-0.4, -0.2) is 29.8 Å². The van der Waals surface area contributed by atoms with E-state index in [0.29, 0.717) is 0 Å². The number of hydrogen-bond acceptors (Lipinski definition) is 3. The first kappa shape index (κ1) is 14.4. The van der Waals surface area contributed by atoms with Gasteiger partial charge in [0.05, 0.1) is 18.1 Å². The van der Waals surface area contributed by atoms with E-state index in [1.807, 2.05) is 12.1 Å². The Morgan fingerprint density at radius 2 is 2.14 bits per heavy atom. The number of rotatable bonds is 5. The Hall–Kier alpha value is -1.55. The highest BCUT2D eigenvalue weighted by molar-refractivity contribution is 5.77. The third-order valence-electron chi connectivity index (χ3n) is 4.59. The van der Waals surface area contributed by atoms with Crippen molar-refractivity contribution in [1.82, 2.24) is 14.9 Å². The largest absolute Gasteiger partial charge is 0.497 e. The fourth-order valence-electron chi connectivity index (χ4n) is 3.33. The summed E-state index contributed by atoms with van der Waals surface area (Å²) in [6.45, 7) is 5.52. The van der Waals surface area contributed by atoms with Crippen LogP contribution in [-0.2, 0) is 13.0 Å². The van der Waals surface area contributed by atoms with E-state index >= 15 is 0 Å². The monoisotopic (exact) mass is 287 g/mol. The Morgan fingerprint density at radius 1 is 1.33 bits per heavy atom. The third kappa shape index (κ3) is 3.05. The lowest BCUT2D eigenvalue weighted by Gasteiger charge is -2.22. The van der Waals surface area contributed by atoms with Gasteiger partial charge in [0.15, 0.2) is 0 Å². The highest BCUT2D eigenvalue weighted by Crippen LogP contribution is 2.24. The summed E-state index contributed by atoms with van der Waals surface area (Å²) in [5.74, 6) is 2.96. The molecule has 1 aromatic heterocycles. The molecule has 0 bridgehead atoms. The summed E-state index contributed by atoms with van der Waals surface area (Å²) in [6, 6.07) is 6.18. The van der Waals surface area contributed by atoms with E-state index in [9.17, 15) is 0 Å². The molecule has 4 heteroatoms. The van der Waals surface area contributed by atoms with E-state index in [0.717, 1.165) is 30.1 Å². The summed E-state index contributed by atoms with van der Waals surface area (Å²) < 4.78 is 7.65. The van der Waals surface area contributed by atoms with Gasteiger partial charge >= 0.3 is 0 Å². The highest BCUT2D eigenvalue weighted by Gasteiger charge is 2.16. The zero-order valence-electron chi connectivity index (χ0n) is 13.1. The van der Waals surface area contributed by atoms with Crippen LogP contribution in [0.5, 0.6) is 5.75 Å². The van der Waals surface area contributed by atoms with Crippen molar-refractivity contribution in [1.29, 1.82) is 0 Å². The van der Waals surface area contributed by atoms with Crippen LogP contribution in [0.15, 0.2) is 18.2 Å². The Morgan fingerprint density at radius 3 is 2.86 bits per heavy atom. The van der Waals surface area contributed by atoms with Gasteiger partial charge in [-0.2, -0.15) is 0 Å². The van der Waals surface area contributed by atoms with Gasteiger partial charge in [0.2, 0.25) is 0 Å². The zero-order chi connectivity index (χ0) is 14.7. The molecule has 1 aliphatic rings. The Bertz CT molecular complexity index is 599. The molecule has 1 saturated heterocycles. The van der Waals surface area contributed by atoms with E-state index < -0.39 is 0 Å². The molecule has 0 atom stereocenters. The summed E-state index contributed by atoms with van der Waals surface area (Å²) in [7, 11) is 1.70. The van der Waals surface area contributed by atoms with E-state index in [4.69, 9.17) is 9.72 Å². The van der Waals surface area contributed by atoms with Crippen molar-refractivity contribution in [2.24, 2.45) is 5.92 Å². The number of benzene rings is 1. The van der Waals surface area contributed by atoms with Gasteiger partial charge in [0.25, 0.3) is 0 Å². The number of ether oxygens (including phenoxy) is 1. The first-order chi connectivity index (χ1) is 10.3. The van der Waals surface area contributed by atoms with Crippen molar-refractivity contribution in [3.05, 3.63) is 24.0 Å². The number of imidazole rings is 1. The molecule has 3 rings (SSSR count). The number of fused-ring (bicyclic) bond motifs is 1. The van der Waals surface area contributed by atoms with Crippen LogP contribution >= 0.6 is 0 Å². The van der Waals surface area contributed by atoms with Crippen molar-refractivity contribution in [2.75, 3.05) is 20.2 Å². The number of nitrogens with one attached hydrogen (secondary N) is 1. The fraction of sp³-hybridized carbons (Fsp3) is 0.588. The topological polar surface area (TPSA) is 39.1 Å². The molecular formula is C17H25N3O. The lowest BCUT2D eigenvalue weighted by atomic mass is 9.93. The minimum atomic E-state index is 0.853. The first-order valence-electron chi connectivity index (χ1n) is 8.05. The molecule has 2 aromatic rings. The lowest BCUT2D eigenvalue weighted by Crippen LogP contribution is -2.28. The molecule has 0 aliphatic carbocycles. The minimum absolute atomic E-state index is 0.853. The van der Waals surface area contributed by atoms with Gasteiger partial charge < -0.3 is 14.6 Å². The summed E-state index contributed by atoms with van der Waals surface area (Å²) in [6.07, 6.45) is 4.94. The van der Waals surface area contributed by atoms with Crippen molar-refractivity contribution >= 4 is 11.0 Å². The maximum atomic E-state index is 5.30. The van der Waals surface area contributed by atoms with E-state index in [-0.39, 0.29) is 0 Å². The van der Waals surface area contributed by atoms with Crippen molar-refractivity contribution in [3.8, 4) is 5.75 Å². The van der Waals surface area contributed by atoms with Crippen LogP contribution in [0.4, 0.5) is 0 Å². The predicted octanol–water partition coefficient (Wildman–Crippen LogP) is 3.00. The molecule has 1 N–H and O–H groups in total. The van der Waals surface area contributed by atoms with E-state index in [1.165, 1.54) is 43.7 Å². The average Bonchev–Trinajstić information content (AvgIpc) is 2.90. The standard InChI is InChI=1S/C17H25N3O/c1-3-20-16-6-5-14(21-2)12-15(16)19-17(20)7-4-13-8-10-18-11-9-13/h5-6,12-13,18H,3-4,7-11H2,1-2H3. The molecule has 4 nitrogen and oxygen atoms in total. The second kappa shape index (κ2) is 6.48. The molecule has 2 heterocycles. The van der Waals surface area contributed by atoms with Gasteiger partial charge in [0.1, 0.15) is 11.6 Å². The Kier molecular flexibility index (Phi) is 4.44. The second-order valence-corrected chi connectivity index (χ2v) is 5.86. The molecule has 0 saturated carbocycles. The minimum Gasteiger partial charge on any atom is -0.497 e. The van der Waals surface area contributed by atoms with E-state index in [1.54, 1.807) is 7.11 Å². The zero-order valence-corrected chi connectivity index (χ0v) is 13.1. The number of hydrogen-bond donors (Lipinski definition) is 1. The molecule has 0 amide bonds. The SMILES string of the molecule is CCn1c(CCC2CCNCC2)nc2cc(OC)ccc21. The first-order valence-corrected chi connectivity index (χ1v) is 8.05. The molecular weight excluding hydrogens is 262 g/mol. The average molecular weight is 287 g/mol. The van der Waals surface area contributed by atoms with Gasteiger partial charge in [-0.1, -0.05) is 0 Å². The number of piperidine rings is 1. The molecule has 0 spiro atoms. The third-order valence-corrected chi connectivity index (χ3v) is 4.59. The van der Waals surface area contributed by atoms with Gasteiger partial charge in [0, 0.05) is 19.0 Å². The van der Waals surface area contributed by atoms with Crippen molar-refractivity contribution in [2.45, 2.75) is 39.2 Å². The smallest absolute Gasteiger partial charge is 0.121 e. The van der Waals surface area contributed by atoms with Crippen molar-refractivity contribution < 1.29 is 4.74 Å². The molecule has 21 heavy (non-hydrogen) atoms. The Balaban J connectivity index is 1.80. The maximum absolute atomic E-state index is 5.30. The van der Waals surface area contributed by atoms with Crippen LogP contribution in [0.1, 0.15) is 32.0 Å². The highest BCUT2D eigenvalue weighted by atomic mass is 16.5. The summed E-state index contributed by atoms with van der Waals surface area (Å²) >= 11 is 0. The second-order valence-electron chi connectivity index (χ2n) is 5.86. The molecule has 0 radical (unpaired) electrons. The Labute approximate surface area is 126 Å². The van der Waals surface area contributed by atoms with Crippen LogP contribution in [0.2, 0.25) is 0 Å². The number of methoxy groups -OCH3 is 1. The summed E-state index contributed by atoms with van der Waals surface area (Å²) in [5.41, 5.74) is 2.27. The van der Waals surface area contributed by atoms with Crippen molar-refractivity contribution in [3.63, 3.8) is 0 Å². The lowest BCUT2D eigenvalue weighted by molar-refractivity contribution is 0.351. The van der Waals surface area contributed by atoms with Gasteiger partial charge in [-0.3, -0.25) is 0 Å². The fourth-order valence-corrected chi connectivity index (χ4v) is 3.33. The van der Waals surface area contributed by atoms with Gasteiger partial charge in [-0.25, -0.2) is 4.98 Å². The van der Waals surface area contributed by atoms with Gasteiger partial charge in [-0.05, 0) is 57.3 Å². The van der Waals surface area contributed by atoms with Crippen LogP contribution in [0, 0.1) is 5.92 Å². The van der Waals surface area contributed by atoms with Crippen LogP contribution < -0.4 is 10.1 Å². The molecule has 1 fully saturated rings. The molecule has 1 aliphatic heterocycles. The molecule has 0 unspecified atom stereocenters. The summed E-state index contributed by atoms with van der Waals surface area (Å²) in [4.78, 5) is 4.84. The van der Waals surface area contributed by atoms with Crippen LogP contribution in [0.25, 0.3) is 11.0 Å².